The number of benzene rings is 2. The molecule has 126 valence electrons. The summed E-state index contributed by atoms with van der Waals surface area (Å²) in [5.74, 6) is 0.755. The van der Waals surface area contributed by atoms with Crippen molar-refractivity contribution < 1.29 is 9.53 Å². The predicted molar refractivity (Wildman–Crippen MR) is 93.8 cm³/mol. The first kappa shape index (κ1) is 16.3. The summed E-state index contributed by atoms with van der Waals surface area (Å²) >= 11 is 0. The van der Waals surface area contributed by atoms with Crippen molar-refractivity contribution in [1.29, 1.82) is 0 Å². The number of hydrogen-bond acceptors (Lipinski definition) is 3. The number of ether oxygens (including phenoxy) is 1. The lowest BCUT2D eigenvalue weighted by molar-refractivity contribution is 0.130. The van der Waals surface area contributed by atoms with Crippen molar-refractivity contribution in [3.8, 4) is 5.75 Å². The summed E-state index contributed by atoms with van der Waals surface area (Å²) in [6.45, 7) is 4.39. The van der Waals surface area contributed by atoms with Gasteiger partial charge in [-0.05, 0) is 17.7 Å². The van der Waals surface area contributed by atoms with Gasteiger partial charge < -0.3 is 15.0 Å². The molecule has 1 heterocycles. The molecule has 1 saturated heterocycles. The fraction of sp³-hybridized carbons (Fsp3) is 0.316. The Bertz CT molecular complexity index is 626. The molecule has 3 rings (SSSR count). The first-order valence-electron chi connectivity index (χ1n) is 8.28. The molecule has 2 aromatic rings. The lowest BCUT2D eigenvalue weighted by Gasteiger charge is -2.34. The number of rotatable bonds is 5. The van der Waals surface area contributed by atoms with Crippen LogP contribution >= 0.6 is 0 Å². The second-order valence-corrected chi connectivity index (χ2v) is 5.83. The van der Waals surface area contributed by atoms with E-state index in [2.05, 4.69) is 34.5 Å². The Morgan fingerprint density at radius 1 is 0.917 bits per heavy atom. The number of piperazine rings is 1. The molecule has 5 heteroatoms. The van der Waals surface area contributed by atoms with Gasteiger partial charge in [0.1, 0.15) is 5.75 Å². The molecule has 0 radical (unpaired) electrons. The minimum absolute atomic E-state index is 0.0645. The summed E-state index contributed by atoms with van der Waals surface area (Å²) in [7, 11) is 0. The molecule has 0 bridgehead atoms. The zero-order valence-electron chi connectivity index (χ0n) is 13.7. The second-order valence-electron chi connectivity index (χ2n) is 5.83. The van der Waals surface area contributed by atoms with Crippen molar-refractivity contribution in [2.45, 2.75) is 6.54 Å². The predicted octanol–water partition coefficient (Wildman–Crippen LogP) is 2.55. The number of para-hydroxylation sites is 1. The van der Waals surface area contributed by atoms with Gasteiger partial charge in [0.2, 0.25) is 0 Å². The maximum absolute atomic E-state index is 12.2. The van der Waals surface area contributed by atoms with Crippen molar-refractivity contribution in [3.05, 3.63) is 66.2 Å². The molecule has 1 aliphatic rings. The minimum Gasteiger partial charge on any atom is -0.473 e. The third-order valence-corrected chi connectivity index (χ3v) is 4.11. The highest BCUT2D eigenvalue weighted by Gasteiger charge is 2.20. The van der Waals surface area contributed by atoms with E-state index in [0.29, 0.717) is 0 Å². The van der Waals surface area contributed by atoms with Crippen molar-refractivity contribution in [2.24, 2.45) is 0 Å². The second kappa shape index (κ2) is 8.36. The first-order valence-corrected chi connectivity index (χ1v) is 8.28. The van der Waals surface area contributed by atoms with E-state index >= 15 is 0 Å². The highest BCUT2D eigenvalue weighted by atomic mass is 16.5. The molecule has 2 aromatic carbocycles. The van der Waals surface area contributed by atoms with Gasteiger partial charge in [0, 0.05) is 32.7 Å². The van der Waals surface area contributed by atoms with Crippen molar-refractivity contribution in [3.63, 3.8) is 0 Å². The largest absolute Gasteiger partial charge is 0.473 e. The molecule has 0 aliphatic carbocycles. The van der Waals surface area contributed by atoms with Gasteiger partial charge in [-0.25, -0.2) is 4.79 Å². The summed E-state index contributed by atoms with van der Waals surface area (Å²) < 4.78 is 5.50. The molecular formula is C19H23N3O2. The van der Waals surface area contributed by atoms with Crippen LogP contribution in [0.5, 0.6) is 5.75 Å². The van der Waals surface area contributed by atoms with Gasteiger partial charge in [-0.3, -0.25) is 4.90 Å². The van der Waals surface area contributed by atoms with Gasteiger partial charge in [0.25, 0.3) is 0 Å². The number of carbonyl (C=O) groups excluding carboxylic acids is 1. The van der Waals surface area contributed by atoms with Crippen LogP contribution in [0.15, 0.2) is 60.7 Å². The summed E-state index contributed by atoms with van der Waals surface area (Å²) in [6.07, 6.45) is 0. The third-order valence-electron chi connectivity index (χ3n) is 4.11. The van der Waals surface area contributed by atoms with E-state index in [0.717, 1.165) is 38.5 Å². The monoisotopic (exact) mass is 325 g/mol. The number of amides is 2. The minimum atomic E-state index is -0.0645. The highest BCUT2D eigenvalue weighted by molar-refractivity contribution is 5.74. The Balaban J connectivity index is 1.37. The molecule has 0 aromatic heterocycles. The van der Waals surface area contributed by atoms with E-state index in [1.165, 1.54) is 5.56 Å². The molecule has 0 spiro atoms. The lowest BCUT2D eigenvalue weighted by atomic mass is 10.2. The summed E-state index contributed by atoms with van der Waals surface area (Å²) in [5, 5.41) is 2.81. The fourth-order valence-corrected chi connectivity index (χ4v) is 2.76. The van der Waals surface area contributed by atoms with Gasteiger partial charge in [-0.1, -0.05) is 48.5 Å². The van der Waals surface area contributed by atoms with Crippen molar-refractivity contribution in [2.75, 3.05) is 32.9 Å². The van der Waals surface area contributed by atoms with Crippen LogP contribution in [0.1, 0.15) is 5.56 Å². The van der Waals surface area contributed by atoms with Crippen LogP contribution in [-0.2, 0) is 6.54 Å². The van der Waals surface area contributed by atoms with Gasteiger partial charge >= 0.3 is 6.03 Å². The van der Waals surface area contributed by atoms with Crippen LogP contribution in [0.3, 0.4) is 0 Å². The van der Waals surface area contributed by atoms with E-state index in [1.807, 2.05) is 41.3 Å². The Morgan fingerprint density at radius 3 is 2.21 bits per heavy atom. The quantitative estimate of drug-likeness (QED) is 0.859. The molecular weight excluding hydrogens is 302 g/mol. The van der Waals surface area contributed by atoms with Crippen molar-refractivity contribution >= 4 is 6.03 Å². The lowest BCUT2D eigenvalue weighted by Crippen LogP contribution is -2.51. The zero-order valence-corrected chi connectivity index (χ0v) is 13.7. The molecule has 24 heavy (non-hydrogen) atoms. The molecule has 0 unspecified atom stereocenters. The molecule has 1 N–H and O–H groups in total. The molecule has 2 amide bonds. The Labute approximate surface area is 142 Å². The van der Waals surface area contributed by atoms with Gasteiger partial charge in [0.05, 0.1) is 0 Å². The smallest absolute Gasteiger partial charge is 0.320 e. The average Bonchev–Trinajstić information content (AvgIpc) is 2.64. The fourth-order valence-electron chi connectivity index (χ4n) is 2.76. The Morgan fingerprint density at radius 2 is 1.54 bits per heavy atom. The molecule has 0 atom stereocenters. The van der Waals surface area contributed by atoms with E-state index in [4.69, 9.17) is 4.74 Å². The van der Waals surface area contributed by atoms with Crippen LogP contribution in [0.2, 0.25) is 0 Å². The van der Waals surface area contributed by atoms with Crippen LogP contribution < -0.4 is 10.1 Å². The van der Waals surface area contributed by atoms with Crippen LogP contribution in [0.4, 0.5) is 4.79 Å². The van der Waals surface area contributed by atoms with Gasteiger partial charge in [-0.2, -0.15) is 0 Å². The first-order chi connectivity index (χ1) is 11.8. The van der Waals surface area contributed by atoms with Crippen LogP contribution in [-0.4, -0.2) is 48.7 Å². The topological polar surface area (TPSA) is 44.8 Å². The number of nitrogens with one attached hydrogen (secondary N) is 1. The number of hydrogen-bond donors (Lipinski definition) is 1. The van der Waals surface area contributed by atoms with Crippen LogP contribution in [0, 0.1) is 0 Å². The molecule has 0 saturated carbocycles. The maximum Gasteiger partial charge on any atom is 0.320 e. The van der Waals surface area contributed by atoms with Crippen molar-refractivity contribution in [1.82, 2.24) is 15.1 Å². The summed E-state index contributed by atoms with van der Waals surface area (Å²) in [4.78, 5) is 16.4. The molecule has 1 aliphatic heterocycles. The average molecular weight is 325 g/mol. The Kier molecular flexibility index (Phi) is 5.69. The highest BCUT2D eigenvalue weighted by Crippen LogP contribution is 2.09. The van der Waals surface area contributed by atoms with Crippen LogP contribution in [0.25, 0.3) is 0 Å². The SMILES string of the molecule is O=C(NCOc1ccccc1)N1CCN(Cc2ccccc2)CC1. The Hall–Kier alpha value is -2.53. The van der Waals surface area contributed by atoms with Gasteiger partial charge in [0.15, 0.2) is 6.73 Å². The van der Waals surface area contributed by atoms with E-state index in [-0.39, 0.29) is 12.8 Å². The molecule has 5 nitrogen and oxygen atoms in total. The molecule has 1 fully saturated rings. The number of urea groups is 1. The standard InChI is InChI=1S/C19H23N3O2/c23-19(20-16-24-18-9-5-2-6-10-18)22-13-11-21(12-14-22)15-17-7-3-1-4-8-17/h1-10H,11-16H2,(H,20,23). The normalized spacial score (nSPS) is 15.1. The summed E-state index contributed by atoms with van der Waals surface area (Å²) in [6, 6.07) is 19.8. The van der Waals surface area contributed by atoms with E-state index in [9.17, 15) is 4.79 Å². The van der Waals surface area contributed by atoms with E-state index in [1.54, 1.807) is 0 Å². The number of carbonyl (C=O) groups is 1. The van der Waals surface area contributed by atoms with E-state index < -0.39 is 0 Å². The zero-order chi connectivity index (χ0) is 16.6. The van der Waals surface area contributed by atoms with Gasteiger partial charge in [-0.15, -0.1) is 0 Å². The summed E-state index contributed by atoms with van der Waals surface area (Å²) in [5.41, 5.74) is 1.31. The maximum atomic E-state index is 12.2. The number of nitrogens with zero attached hydrogens (tertiary/aromatic N) is 2. The third kappa shape index (κ3) is 4.73.